The smallest absolute Gasteiger partial charge is 0.0622 e. The second kappa shape index (κ2) is 5.67. The highest BCUT2D eigenvalue weighted by Crippen LogP contribution is 2.25. The Kier molecular flexibility index (Phi) is 4.52. The van der Waals surface area contributed by atoms with Crippen molar-refractivity contribution in [2.24, 2.45) is 0 Å². The van der Waals surface area contributed by atoms with Gasteiger partial charge in [-0.15, -0.1) is 0 Å². The third-order valence-corrected chi connectivity index (χ3v) is 3.07. The van der Waals surface area contributed by atoms with E-state index < -0.39 is 0 Å². The Morgan fingerprint density at radius 2 is 1.94 bits per heavy atom. The highest BCUT2D eigenvalue weighted by Gasteiger charge is 2.13. The van der Waals surface area contributed by atoms with Crippen molar-refractivity contribution in [1.29, 1.82) is 5.26 Å². The van der Waals surface area contributed by atoms with Crippen molar-refractivity contribution < 1.29 is 0 Å². The maximum absolute atomic E-state index is 8.67. The van der Waals surface area contributed by atoms with E-state index in [1.807, 2.05) is 0 Å². The summed E-state index contributed by atoms with van der Waals surface area (Å²) in [6.45, 7) is 4.26. The molecule has 0 N–H and O–H groups in total. The van der Waals surface area contributed by atoms with Crippen LogP contribution in [-0.2, 0) is 0 Å². The van der Waals surface area contributed by atoms with Crippen LogP contribution >= 0.6 is 0 Å². The molecule has 0 saturated carbocycles. The van der Waals surface area contributed by atoms with Crippen LogP contribution in [0.2, 0.25) is 0 Å². The van der Waals surface area contributed by atoms with Crippen LogP contribution in [0.5, 0.6) is 0 Å². The molecule has 0 saturated heterocycles. The number of aryl methyl sites for hydroxylation is 2. The fraction of sp³-hybridized carbons (Fsp3) is 0.500. The summed E-state index contributed by atoms with van der Waals surface area (Å²) in [5.74, 6) is 0. The first-order valence-electron chi connectivity index (χ1n) is 5.66. The number of nitriles is 1. The molecule has 1 aromatic carbocycles. The summed E-state index contributed by atoms with van der Waals surface area (Å²) in [7, 11) is 4.13. The average molecular weight is 216 g/mol. The number of hydrogen-bond acceptors (Lipinski definition) is 2. The second-order valence-electron chi connectivity index (χ2n) is 4.52. The molecule has 0 amide bonds. The van der Waals surface area contributed by atoms with Crippen molar-refractivity contribution in [1.82, 2.24) is 4.90 Å². The van der Waals surface area contributed by atoms with Crippen molar-refractivity contribution in [2.75, 3.05) is 14.1 Å². The highest BCUT2D eigenvalue weighted by atomic mass is 15.1. The molecule has 1 aromatic rings. The summed E-state index contributed by atoms with van der Waals surface area (Å²) in [6.07, 6.45) is 1.50. The van der Waals surface area contributed by atoms with Gasteiger partial charge in [-0.3, -0.25) is 0 Å². The molecule has 0 aromatic heterocycles. The molecule has 0 bridgehead atoms. The average Bonchev–Trinajstić information content (AvgIpc) is 2.23. The Hall–Kier alpha value is -1.33. The highest BCUT2D eigenvalue weighted by molar-refractivity contribution is 5.31. The molecule has 0 aliphatic heterocycles. The molecule has 2 nitrogen and oxygen atoms in total. The summed E-state index contributed by atoms with van der Waals surface area (Å²) < 4.78 is 0. The minimum atomic E-state index is 0.346. The third-order valence-electron chi connectivity index (χ3n) is 3.07. The van der Waals surface area contributed by atoms with Crippen molar-refractivity contribution in [3.63, 3.8) is 0 Å². The third kappa shape index (κ3) is 3.08. The van der Waals surface area contributed by atoms with Gasteiger partial charge in [0.05, 0.1) is 6.07 Å². The van der Waals surface area contributed by atoms with Crippen LogP contribution in [0.15, 0.2) is 18.2 Å². The van der Waals surface area contributed by atoms with Gasteiger partial charge in [0, 0.05) is 12.5 Å². The lowest BCUT2D eigenvalue weighted by atomic mass is 9.97. The van der Waals surface area contributed by atoms with Gasteiger partial charge in [0.2, 0.25) is 0 Å². The lowest BCUT2D eigenvalue weighted by Crippen LogP contribution is -2.20. The minimum Gasteiger partial charge on any atom is -0.302 e. The number of nitrogens with zero attached hydrogens (tertiary/aromatic N) is 2. The van der Waals surface area contributed by atoms with Gasteiger partial charge in [0.15, 0.2) is 0 Å². The van der Waals surface area contributed by atoms with E-state index in [0.717, 1.165) is 6.42 Å². The molecule has 0 heterocycles. The van der Waals surface area contributed by atoms with Crippen LogP contribution in [0, 0.1) is 25.2 Å². The fourth-order valence-electron chi connectivity index (χ4n) is 1.90. The zero-order chi connectivity index (χ0) is 12.1. The van der Waals surface area contributed by atoms with Gasteiger partial charge in [-0.2, -0.15) is 5.26 Å². The first kappa shape index (κ1) is 12.7. The summed E-state index contributed by atoms with van der Waals surface area (Å²) in [5, 5.41) is 8.67. The van der Waals surface area contributed by atoms with Gasteiger partial charge in [0.25, 0.3) is 0 Å². The zero-order valence-corrected chi connectivity index (χ0v) is 10.6. The Morgan fingerprint density at radius 3 is 2.44 bits per heavy atom. The molecule has 0 aliphatic rings. The first-order chi connectivity index (χ1) is 7.56. The Bertz CT molecular complexity index is 388. The lowest BCUT2D eigenvalue weighted by molar-refractivity contribution is 0.286. The minimum absolute atomic E-state index is 0.346. The van der Waals surface area contributed by atoms with Gasteiger partial charge < -0.3 is 4.90 Å². The van der Waals surface area contributed by atoms with E-state index in [2.05, 4.69) is 57.1 Å². The summed E-state index contributed by atoms with van der Waals surface area (Å²) >= 11 is 0. The largest absolute Gasteiger partial charge is 0.302 e. The maximum atomic E-state index is 8.67. The zero-order valence-electron chi connectivity index (χ0n) is 10.6. The second-order valence-corrected chi connectivity index (χ2v) is 4.52. The lowest BCUT2D eigenvalue weighted by Gasteiger charge is -2.24. The quantitative estimate of drug-likeness (QED) is 0.772. The molecule has 1 atom stereocenters. The molecular formula is C14H20N2. The standard InChI is InChI=1S/C14H20N2/c1-11-7-8-13(10-12(11)2)14(16(3)4)6-5-9-15/h7-8,10,14H,5-6H2,1-4H3. The van der Waals surface area contributed by atoms with Crippen LogP contribution in [0.25, 0.3) is 0 Å². The molecule has 0 spiro atoms. The van der Waals surface area contributed by atoms with Crippen molar-refractivity contribution in [3.05, 3.63) is 34.9 Å². The Morgan fingerprint density at radius 1 is 1.25 bits per heavy atom. The van der Waals surface area contributed by atoms with Gasteiger partial charge in [-0.1, -0.05) is 18.2 Å². The van der Waals surface area contributed by atoms with Crippen LogP contribution in [0.3, 0.4) is 0 Å². The first-order valence-corrected chi connectivity index (χ1v) is 5.66. The number of rotatable bonds is 4. The van der Waals surface area contributed by atoms with E-state index >= 15 is 0 Å². The number of benzene rings is 1. The van der Waals surface area contributed by atoms with E-state index in [0.29, 0.717) is 12.5 Å². The van der Waals surface area contributed by atoms with Crippen LogP contribution in [0.4, 0.5) is 0 Å². The molecule has 2 heteroatoms. The van der Waals surface area contributed by atoms with Crippen molar-refractivity contribution in [2.45, 2.75) is 32.7 Å². The van der Waals surface area contributed by atoms with Gasteiger partial charge in [-0.25, -0.2) is 0 Å². The van der Waals surface area contributed by atoms with Gasteiger partial charge >= 0.3 is 0 Å². The van der Waals surface area contributed by atoms with E-state index in [4.69, 9.17) is 5.26 Å². The molecule has 0 aliphatic carbocycles. The molecule has 0 fully saturated rings. The topological polar surface area (TPSA) is 27.0 Å². The van der Waals surface area contributed by atoms with Crippen LogP contribution < -0.4 is 0 Å². The van der Waals surface area contributed by atoms with Gasteiger partial charge in [0.1, 0.15) is 0 Å². The SMILES string of the molecule is Cc1ccc(C(CCC#N)N(C)C)cc1C. The molecule has 86 valence electrons. The van der Waals surface area contributed by atoms with E-state index in [1.54, 1.807) is 0 Å². The van der Waals surface area contributed by atoms with E-state index in [-0.39, 0.29) is 0 Å². The van der Waals surface area contributed by atoms with Crippen LogP contribution in [-0.4, -0.2) is 19.0 Å². The fourth-order valence-corrected chi connectivity index (χ4v) is 1.90. The Balaban J connectivity index is 2.93. The number of hydrogen-bond donors (Lipinski definition) is 0. The Labute approximate surface area is 98.5 Å². The monoisotopic (exact) mass is 216 g/mol. The molecule has 16 heavy (non-hydrogen) atoms. The predicted molar refractivity (Wildman–Crippen MR) is 67.2 cm³/mol. The molecule has 1 unspecified atom stereocenters. The summed E-state index contributed by atoms with van der Waals surface area (Å²) in [6, 6.07) is 9.13. The molecule has 0 radical (unpaired) electrons. The summed E-state index contributed by atoms with van der Waals surface area (Å²) in [4.78, 5) is 2.18. The summed E-state index contributed by atoms with van der Waals surface area (Å²) in [5.41, 5.74) is 3.95. The predicted octanol–water partition coefficient (Wildman–Crippen LogP) is 3.21. The molecular weight excluding hydrogens is 196 g/mol. The molecule has 1 rings (SSSR count). The van der Waals surface area contributed by atoms with Crippen LogP contribution in [0.1, 0.15) is 35.6 Å². The maximum Gasteiger partial charge on any atom is 0.0622 e. The van der Waals surface area contributed by atoms with Crippen molar-refractivity contribution in [3.8, 4) is 6.07 Å². The van der Waals surface area contributed by atoms with Gasteiger partial charge in [-0.05, 0) is 51.1 Å². The van der Waals surface area contributed by atoms with E-state index in [1.165, 1.54) is 16.7 Å². The van der Waals surface area contributed by atoms with E-state index in [9.17, 15) is 0 Å². The normalized spacial score (nSPS) is 12.5. The van der Waals surface area contributed by atoms with Crippen molar-refractivity contribution >= 4 is 0 Å².